The molecule has 1 rings (SSSR count). The van der Waals surface area contributed by atoms with Crippen molar-refractivity contribution >= 4 is 29.1 Å². The van der Waals surface area contributed by atoms with E-state index in [9.17, 15) is 4.79 Å². The van der Waals surface area contributed by atoms with Crippen molar-refractivity contribution in [2.45, 2.75) is 0 Å². The standard InChI is InChI=1S/C11H19Cl2N3O/c1-14(2)11(17)9-16-5-3-15(4-6-16)8-10(13)7-12/h7H,3-6,8-9H2,1-2H3/b10-7-. The Balaban J connectivity index is 2.28. The number of hydrogen-bond acceptors (Lipinski definition) is 3. The summed E-state index contributed by atoms with van der Waals surface area (Å²) in [6.45, 7) is 4.82. The molecule has 0 aromatic rings. The molecule has 0 radical (unpaired) electrons. The van der Waals surface area contributed by atoms with Crippen LogP contribution < -0.4 is 0 Å². The summed E-state index contributed by atoms with van der Waals surface area (Å²) >= 11 is 11.4. The number of rotatable bonds is 4. The Bertz CT molecular complexity index is 286. The topological polar surface area (TPSA) is 26.8 Å². The molecule has 0 N–H and O–H groups in total. The van der Waals surface area contributed by atoms with E-state index in [-0.39, 0.29) is 5.91 Å². The maximum absolute atomic E-state index is 11.5. The van der Waals surface area contributed by atoms with Crippen LogP contribution in [0.2, 0.25) is 0 Å². The molecule has 0 bridgehead atoms. The van der Waals surface area contributed by atoms with Crippen LogP contribution in [0, 0.1) is 0 Å². The summed E-state index contributed by atoms with van der Waals surface area (Å²) in [6, 6.07) is 0. The van der Waals surface area contributed by atoms with Crippen LogP contribution in [0.25, 0.3) is 0 Å². The van der Waals surface area contributed by atoms with Crippen molar-refractivity contribution in [3.63, 3.8) is 0 Å². The van der Waals surface area contributed by atoms with E-state index in [1.165, 1.54) is 5.54 Å². The van der Waals surface area contributed by atoms with E-state index in [0.717, 1.165) is 26.2 Å². The van der Waals surface area contributed by atoms with Gasteiger partial charge in [0.15, 0.2) is 0 Å². The van der Waals surface area contributed by atoms with E-state index in [4.69, 9.17) is 23.2 Å². The summed E-state index contributed by atoms with van der Waals surface area (Å²) in [5, 5.41) is 0.657. The SMILES string of the molecule is CN(C)C(=O)CN1CCN(C/C(Cl)=C/Cl)CC1. The molecule has 4 nitrogen and oxygen atoms in total. The highest BCUT2D eigenvalue weighted by Crippen LogP contribution is 2.09. The predicted molar refractivity (Wildman–Crippen MR) is 71.4 cm³/mol. The molecule has 0 aromatic heterocycles. The maximum Gasteiger partial charge on any atom is 0.236 e. The Hall–Kier alpha value is -0.290. The quantitative estimate of drug-likeness (QED) is 0.769. The number of carbonyl (C=O) groups is 1. The van der Waals surface area contributed by atoms with Gasteiger partial charge in [0.25, 0.3) is 0 Å². The summed E-state index contributed by atoms with van der Waals surface area (Å²) in [5.41, 5.74) is 1.41. The first-order valence-electron chi connectivity index (χ1n) is 5.62. The highest BCUT2D eigenvalue weighted by molar-refractivity contribution is 6.36. The molecule has 1 heterocycles. The molecule has 1 amide bonds. The average molecular weight is 280 g/mol. The molecule has 0 spiro atoms. The van der Waals surface area contributed by atoms with Crippen LogP contribution in [0.5, 0.6) is 0 Å². The van der Waals surface area contributed by atoms with Gasteiger partial charge in [-0.2, -0.15) is 0 Å². The van der Waals surface area contributed by atoms with Gasteiger partial charge in [-0.1, -0.05) is 23.2 Å². The van der Waals surface area contributed by atoms with Crippen molar-refractivity contribution in [2.24, 2.45) is 0 Å². The van der Waals surface area contributed by atoms with Crippen LogP contribution in [0.3, 0.4) is 0 Å². The lowest BCUT2D eigenvalue weighted by atomic mass is 10.3. The summed E-state index contributed by atoms with van der Waals surface area (Å²) in [4.78, 5) is 17.6. The monoisotopic (exact) mass is 279 g/mol. The van der Waals surface area contributed by atoms with Crippen molar-refractivity contribution in [3.8, 4) is 0 Å². The summed E-state index contributed by atoms with van der Waals surface area (Å²) in [5.74, 6) is 0.150. The van der Waals surface area contributed by atoms with Crippen molar-refractivity contribution in [3.05, 3.63) is 10.6 Å². The molecule has 0 aromatic carbocycles. The number of halogens is 2. The fourth-order valence-electron chi connectivity index (χ4n) is 1.69. The molecule has 1 saturated heterocycles. The molecule has 0 unspecified atom stereocenters. The zero-order valence-electron chi connectivity index (χ0n) is 10.3. The largest absolute Gasteiger partial charge is 0.348 e. The van der Waals surface area contributed by atoms with Gasteiger partial charge in [0, 0.05) is 57.4 Å². The average Bonchev–Trinajstić information content (AvgIpc) is 2.31. The van der Waals surface area contributed by atoms with Crippen molar-refractivity contribution in [1.82, 2.24) is 14.7 Å². The van der Waals surface area contributed by atoms with Gasteiger partial charge < -0.3 is 4.90 Å². The number of amides is 1. The Kier molecular flexibility index (Phi) is 6.27. The third kappa shape index (κ3) is 5.25. The minimum atomic E-state index is 0.150. The second kappa shape index (κ2) is 7.21. The van der Waals surface area contributed by atoms with Gasteiger partial charge in [-0.05, 0) is 0 Å². The van der Waals surface area contributed by atoms with Crippen LogP contribution in [0.1, 0.15) is 0 Å². The molecule has 0 saturated carbocycles. The zero-order valence-corrected chi connectivity index (χ0v) is 11.8. The van der Waals surface area contributed by atoms with Crippen LogP contribution in [0.4, 0.5) is 0 Å². The Morgan fingerprint density at radius 1 is 1.18 bits per heavy atom. The van der Waals surface area contributed by atoms with Crippen LogP contribution in [0.15, 0.2) is 10.6 Å². The molecule has 98 valence electrons. The minimum absolute atomic E-state index is 0.150. The van der Waals surface area contributed by atoms with Crippen LogP contribution in [-0.4, -0.2) is 74.0 Å². The normalized spacial score (nSPS) is 19.4. The molecule has 1 aliphatic heterocycles. The molecule has 1 fully saturated rings. The van der Waals surface area contributed by atoms with E-state index in [2.05, 4.69) is 9.80 Å². The van der Waals surface area contributed by atoms with E-state index >= 15 is 0 Å². The number of hydrogen-bond donors (Lipinski definition) is 0. The second-order valence-electron chi connectivity index (χ2n) is 4.40. The lowest BCUT2D eigenvalue weighted by molar-refractivity contribution is -0.130. The van der Waals surface area contributed by atoms with Gasteiger partial charge in [0.2, 0.25) is 5.91 Å². The smallest absolute Gasteiger partial charge is 0.236 e. The van der Waals surface area contributed by atoms with Gasteiger partial charge >= 0.3 is 0 Å². The number of carbonyl (C=O) groups excluding carboxylic acids is 1. The summed E-state index contributed by atoms with van der Waals surface area (Å²) in [7, 11) is 3.56. The second-order valence-corrected chi connectivity index (χ2v) is 5.10. The van der Waals surface area contributed by atoms with Gasteiger partial charge in [0.1, 0.15) is 0 Å². The maximum atomic E-state index is 11.5. The van der Waals surface area contributed by atoms with Crippen LogP contribution >= 0.6 is 23.2 Å². The zero-order chi connectivity index (χ0) is 12.8. The van der Waals surface area contributed by atoms with E-state index < -0.39 is 0 Å². The van der Waals surface area contributed by atoms with E-state index in [0.29, 0.717) is 18.1 Å². The fourth-order valence-corrected chi connectivity index (χ4v) is 1.92. The van der Waals surface area contributed by atoms with Crippen molar-refractivity contribution in [2.75, 3.05) is 53.4 Å². The number of nitrogens with zero attached hydrogens (tertiary/aromatic N) is 3. The third-order valence-electron chi connectivity index (χ3n) is 2.82. The Labute approximate surface area is 113 Å². The summed E-state index contributed by atoms with van der Waals surface area (Å²) in [6.07, 6.45) is 0. The molecule has 17 heavy (non-hydrogen) atoms. The molecular weight excluding hydrogens is 261 g/mol. The molecule has 0 atom stereocenters. The first-order chi connectivity index (χ1) is 8.02. The van der Waals surface area contributed by atoms with Crippen molar-refractivity contribution in [1.29, 1.82) is 0 Å². The molecule has 1 aliphatic rings. The lowest BCUT2D eigenvalue weighted by Crippen LogP contribution is -2.49. The van der Waals surface area contributed by atoms with Gasteiger partial charge in [0.05, 0.1) is 6.54 Å². The van der Waals surface area contributed by atoms with Gasteiger partial charge in [-0.15, -0.1) is 0 Å². The third-order valence-corrected chi connectivity index (χ3v) is 3.42. The van der Waals surface area contributed by atoms with E-state index in [1.54, 1.807) is 19.0 Å². The molecule has 0 aliphatic carbocycles. The number of piperazine rings is 1. The minimum Gasteiger partial charge on any atom is -0.348 e. The first kappa shape index (κ1) is 14.8. The lowest BCUT2D eigenvalue weighted by Gasteiger charge is -2.34. The van der Waals surface area contributed by atoms with E-state index in [1.807, 2.05) is 0 Å². The highest BCUT2D eigenvalue weighted by Gasteiger charge is 2.19. The van der Waals surface area contributed by atoms with Crippen molar-refractivity contribution < 1.29 is 4.79 Å². The molecule has 6 heteroatoms. The fraction of sp³-hybridized carbons (Fsp3) is 0.727. The first-order valence-corrected chi connectivity index (χ1v) is 6.44. The van der Waals surface area contributed by atoms with Gasteiger partial charge in [-0.25, -0.2) is 0 Å². The number of likely N-dealkylation sites (N-methyl/N-ethyl adjacent to an activating group) is 1. The van der Waals surface area contributed by atoms with Crippen LogP contribution in [-0.2, 0) is 4.79 Å². The predicted octanol–water partition coefficient (Wildman–Crippen LogP) is 1.01. The summed E-state index contributed by atoms with van der Waals surface area (Å²) < 4.78 is 0. The molecular formula is C11H19Cl2N3O. The van der Waals surface area contributed by atoms with Gasteiger partial charge in [-0.3, -0.25) is 14.6 Å². The Morgan fingerprint density at radius 3 is 2.06 bits per heavy atom. The highest BCUT2D eigenvalue weighted by atomic mass is 35.5. The Morgan fingerprint density at radius 2 is 1.65 bits per heavy atom.